The smallest absolute Gasteiger partial charge is 0.222 e. The summed E-state index contributed by atoms with van der Waals surface area (Å²) in [7, 11) is 1.61. The molecule has 0 aliphatic carbocycles. The molecule has 1 heterocycles. The lowest BCUT2D eigenvalue weighted by molar-refractivity contribution is -0.121. The number of aromatic nitrogens is 1. The van der Waals surface area contributed by atoms with Crippen LogP contribution in [0.5, 0.6) is 5.75 Å². The van der Waals surface area contributed by atoms with Gasteiger partial charge in [-0.3, -0.25) is 4.79 Å². The third-order valence-electron chi connectivity index (χ3n) is 4.24. The number of carbonyl (C=O) groups is 1. The van der Waals surface area contributed by atoms with E-state index in [0.717, 1.165) is 16.9 Å². The van der Waals surface area contributed by atoms with E-state index in [9.17, 15) is 9.18 Å². The van der Waals surface area contributed by atoms with Gasteiger partial charge in [-0.1, -0.05) is 24.3 Å². The average molecular weight is 352 g/mol. The van der Waals surface area contributed by atoms with Crippen molar-refractivity contribution in [3.8, 4) is 5.75 Å². The van der Waals surface area contributed by atoms with Gasteiger partial charge in [0.05, 0.1) is 19.6 Å². The number of benzene rings is 2. The number of rotatable bonds is 7. The molecule has 3 rings (SSSR count). The highest BCUT2D eigenvalue weighted by atomic mass is 19.1. The van der Waals surface area contributed by atoms with Gasteiger partial charge in [0.25, 0.3) is 0 Å². The van der Waals surface area contributed by atoms with E-state index in [1.165, 1.54) is 12.1 Å². The molecule has 0 spiro atoms. The Kier molecular flexibility index (Phi) is 5.69. The largest absolute Gasteiger partial charge is 0.497 e. The van der Waals surface area contributed by atoms with Crippen LogP contribution in [0, 0.1) is 5.82 Å². The first kappa shape index (κ1) is 17.7. The van der Waals surface area contributed by atoms with Gasteiger partial charge in [-0.15, -0.1) is 0 Å². The maximum Gasteiger partial charge on any atom is 0.222 e. The fourth-order valence-electron chi connectivity index (χ4n) is 2.87. The standard InChI is InChI=1S/C21H21FN2O2/c1-26-19-6-4-5-16(13-19)15-23-21(25)14-20(24-11-2-3-12-24)17-7-9-18(22)10-8-17/h2-13,20H,14-15H2,1H3,(H,23,25). The molecule has 134 valence electrons. The van der Waals surface area contributed by atoms with Crippen LogP contribution >= 0.6 is 0 Å². The van der Waals surface area contributed by atoms with E-state index in [1.54, 1.807) is 19.2 Å². The van der Waals surface area contributed by atoms with Crippen molar-refractivity contribution in [3.63, 3.8) is 0 Å². The maximum absolute atomic E-state index is 13.2. The number of hydrogen-bond donors (Lipinski definition) is 1. The first-order chi connectivity index (χ1) is 12.7. The molecule has 5 heteroatoms. The molecule has 1 N–H and O–H groups in total. The molecular formula is C21H21FN2O2. The van der Waals surface area contributed by atoms with Crippen LogP contribution in [0.2, 0.25) is 0 Å². The predicted molar refractivity (Wildman–Crippen MR) is 98.4 cm³/mol. The van der Waals surface area contributed by atoms with Crippen molar-refractivity contribution in [1.82, 2.24) is 9.88 Å². The number of carbonyl (C=O) groups excluding carboxylic acids is 1. The van der Waals surface area contributed by atoms with Crippen molar-refractivity contribution in [2.24, 2.45) is 0 Å². The third kappa shape index (κ3) is 4.51. The lowest BCUT2D eigenvalue weighted by Crippen LogP contribution is -2.26. The van der Waals surface area contributed by atoms with Crippen LogP contribution in [-0.4, -0.2) is 17.6 Å². The molecule has 1 aromatic heterocycles. The predicted octanol–water partition coefficient (Wildman–Crippen LogP) is 3.93. The molecule has 4 nitrogen and oxygen atoms in total. The molecule has 3 aromatic rings. The molecule has 0 aliphatic rings. The summed E-state index contributed by atoms with van der Waals surface area (Å²) in [6.07, 6.45) is 4.08. The van der Waals surface area contributed by atoms with Crippen LogP contribution in [0.3, 0.4) is 0 Å². The van der Waals surface area contributed by atoms with E-state index >= 15 is 0 Å². The molecule has 1 atom stereocenters. The van der Waals surface area contributed by atoms with E-state index in [2.05, 4.69) is 5.32 Å². The Morgan fingerprint density at radius 1 is 1.12 bits per heavy atom. The molecule has 2 aromatic carbocycles. The molecule has 0 bridgehead atoms. The summed E-state index contributed by atoms with van der Waals surface area (Å²) < 4.78 is 20.4. The summed E-state index contributed by atoms with van der Waals surface area (Å²) >= 11 is 0. The highest BCUT2D eigenvalue weighted by Crippen LogP contribution is 2.23. The van der Waals surface area contributed by atoms with E-state index in [4.69, 9.17) is 4.74 Å². The molecule has 0 saturated heterocycles. The molecule has 0 saturated carbocycles. The van der Waals surface area contributed by atoms with Gasteiger partial charge >= 0.3 is 0 Å². The van der Waals surface area contributed by atoms with Gasteiger partial charge in [-0.05, 0) is 47.5 Å². The second-order valence-electron chi connectivity index (χ2n) is 6.03. The highest BCUT2D eigenvalue weighted by molar-refractivity contribution is 5.76. The molecule has 0 fully saturated rings. The minimum atomic E-state index is -0.289. The molecule has 0 radical (unpaired) electrons. The summed E-state index contributed by atoms with van der Waals surface area (Å²) in [6, 6.07) is 17.5. The fraction of sp³-hybridized carbons (Fsp3) is 0.190. The quantitative estimate of drug-likeness (QED) is 0.700. The molecule has 1 amide bonds. The van der Waals surface area contributed by atoms with E-state index < -0.39 is 0 Å². The zero-order valence-electron chi connectivity index (χ0n) is 14.6. The van der Waals surface area contributed by atoms with Crippen LogP contribution in [-0.2, 0) is 11.3 Å². The van der Waals surface area contributed by atoms with Crippen LogP contribution in [0.25, 0.3) is 0 Å². The number of halogens is 1. The van der Waals surface area contributed by atoms with Gasteiger partial charge in [0.15, 0.2) is 0 Å². The van der Waals surface area contributed by atoms with Crippen LogP contribution in [0.1, 0.15) is 23.6 Å². The Hall–Kier alpha value is -3.08. The Morgan fingerprint density at radius 3 is 2.54 bits per heavy atom. The van der Waals surface area contributed by atoms with Gasteiger partial charge in [0, 0.05) is 18.9 Å². The maximum atomic E-state index is 13.2. The minimum absolute atomic E-state index is 0.0733. The van der Waals surface area contributed by atoms with Gasteiger partial charge in [-0.25, -0.2) is 4.39 Å². The highest BCUT2D eigenvalue weighted by Gasteiger charge is 2.17. The minimum Gasteiger partial charge on any atom is -0.497 e. The monoisotopic (exact) mass is 352 g/mol. The topological polar surface area (TPSA) is 43.3 Å². The Bertz CT molecular complexity index is 845. The zero-order chi connectivity index (χ0) is 18.4. The van der Waals surface area contributed by atoms with Crippen molar-refractivity contribution in [2.45, 2.75) is 19.0 Å². The summed E-state index contributed by atoms with van der Waals surface area (Å²) in [4.78, 5) is 12.5. The summed E-state index contributed by atoms with van der Waals surface area (Å²) in [6.45, 7) is 0.428. The molecule has 1 unspecified atom stereocenters. The van der Waals surface area contributed by atoms with Gasteiger partial charge < -0.3 is 14.6 Å². The lowest BCUT2D eigenvalue weighted by Gasteiger charge is -2.19. The molecular weight excluding hydrogens is 331 g/mol. The van der Waals surface area contributed by atoms with Gasteiger partial charge in [0.1, 0.15) is 11.6 Å². The second-order valence-corrected chi connectivity index (χ2v) is 6.03. The van der Waals surface area contributed by atoms with E-state index in [1.807, 2.05) is 53.4 Å². The number of amides is 1. The van der Waals surface area contributed by atoms with Crippen molar-refractivity contribution in [3.05, 3.63) is 90.0 Å². The number of nitrogens with zero attached hydrogens (tertiary/aromatic N) is 1. The van der Waals surface area contributed by atoms with E-state index in [-0.39, 0.29) is 24.2 Å². The lowest BCUT2D eigenvalue weighted by atomic mass is 10.0. The first-order valence-electron chi connectivity index (χ1n) is 8.43. The summed E-state index contributed by atoms with van der Waals surface area (Å²) in [5.74, 6) is 0.395. The molecule has 26 heavy (non-hydrogen) atoms. The summed E-state index contributed by atoms with van der Waals surface area (Å²) in [5.41, 5.74) is 1.86. The van der Waals surface area contributed by atoms with E-state index in [0.29, 0.717) is 6.54 Å². The molecule has 0 aliphatic heterocycles. The number of hydrogen-bond acceptors (Lipinski definition) is 2. The average Bonchev–Trinajstić information content (AvgIpc) is 3.20. The third-order valence-corrected chi connectivity index (χ3v) is 4.24. The Balaban J connectivity index is 1.68. The normalized spacial score (nSPS) is 11.8. The number of methoxy groups -OCH3 is 1. The second kappa shape index (κ2) is 8.34. The Labute approximate surface area is 152 Å². The van der Waals surface area contributed by atoms with Crippen LogP contribution < -0.4 is 10.1 Å². The van der Waals surface area contributed by atoms with Crippen molar-refractivity contribution in [2.75, 3.05) is 7.11 Å². The summed E-state index contributed by atoms with van der Waals surface area (Å²) in [5, 5.41) is 2.94. The fourth-order valence-corrected chi connectivity index (χ4v) is 2.87. The van der Waals surface area contributed by atoms with Crippen LogP contribution in [0.4, 0.5) is 4.39 Å². The van der Waals surface area contributed by atoms with Gasteiger partial charge in [-0.2, -0.15) is 0 Å². The number of nitrogens with one attached hydrogen (secondary N) is 1. The van der Waals surface area contributed by atoms with Gasteiger partial charge in [0.2, 0.25) is 5.91 Å². The van der Waals surface area contributed by atoms with Crippen molar-refractivity contribution < 1.29 is 13.9 Å². The number of ether oxygens (including phenoxy) is 1. The first-order valence-corrected chi connectivity index (χ1v) is 8.43. The van der Waals surface area contributed by atoms with Crippen molar-refractivity contribution >= 4 is 5.91 Å². The Morgan fingerprint density at radius 2 is 1.85 bits per heavy atom. The SMILES string of the molecule is COc1cccc(CNC(=O)CC(c2ccc(F)cc2)n2cccc2)c1. The van der Waals surface area contributed by atoms with Crippen LogP contribution in [0.15, 0.2) is 73.1 Å². The zero-order valence-corrected chi connectivity index (χ0v) is 14.6. The van der Waals surface area contributed by atoms with Crippen molar-refractivity contribution in [1.29, 1.82) is 0 Å².